The van der Waals surface area contributed by atoms with Crippen molar-refractivity contribution in [2.45, 2.75) is 0 Å². The molecule has 0 saturated heterocycles. The van der Waals surface area contributed by atoms with E-state index in [9.17, 15) is 0 Å². The summed E-state index contributed by atoms with van der Waals surface area (Å²) in [4.78, 5) is 8.24. The third-order valence-electron chi connectivity index (χ3n) is 0. The van der Waals surface area contributed by atoms with Crippen LogP contribution in [0.1, 0.15) is 0 Å². The SMILES string of the molecule is O=[C-]O.[CH2-]O.[Y]. The zero-order chi connectivity index (χ0) is 4.71. The maximum absolute atomic E-state index is 8.24. The van der Waals surface area contributed by atoms with Gasteiger partial charge in [-0.1, -0.05) is 6.47 Å². The Morgan fingerprint density at radius 3 is 1.50 bits per heavy atom. The van der Waals surface area contributed by atoms with Crippen molar-refractivity contribution in [1.29, 1.82) is 0 Å². The monoisotopic (exact) mass is 165 g/mol. The summed E-state index contributed by atoms with van der Waals surface area (Å²) in [5.74, 6) is 0. The van der Waals surface area contributed by atoms with E-state index >= 15 is 0 Å². The molecule has 2 N–H and O–H groups in total. The largest absolute Gasteiger partial charge is 0.665 e. The smallest absolute Gasteiger partial charge is 0 e. The molecule has 0 atom stereocenters. The average Bonchev–Trinajstić information content (AvgIpc) is 1.46. The van der Waals surface area contributed by atoms with E-state index in [4.69, 9.17) is 15.0 Å². The normalized spacial score (nSPS) is 3.00. The Kier molecular flexibility index (Phi) is 129. The first-order valence-electron chi connectivity index (χ1n) is 0.744. The second-order valence-electron chi connectivity index (χ2n) is 0.0913. The van der Waals surface area contributed by atoms with E-state index in [2.05, 4.69) is 7.11 Å². The fourth-order valence-corrected chi connectivity index (χ4v) is 0. The second-order valence-corrected chi connectivity index (χ2v) is 0.0913. The molecule has 0 saturated carbocycles. The van der Waals surface area contributed by atoms with Crippen molar-refractivity contribution in [2.24, 2.45) is 0 Å². The van der Waals surface area contributed by atoms with E-state index in [1.54, 1.807) is 0 Å². The average molecular weight is 165 g/mol. The fraction of sp³-hybridized carbons (Fsp3) is 0. The van der Waals surface area contributed by atoms with Crippen LogP contribution in [-0.2, 0) is 37.5 Å². The molecule has 0 rings (SSSR count). The predicted molar refractivity (Wildman–Crippen MR) is 15.6 cm³/mol. The molecule has 0 amide bonds. The van der Waals surface area contributed by atoms with E-state index in [0.29, 0.717) is 6.47 Å². The Morgan fingerprint density at radius 2 is 1.50 bits per heavy atom. The van der Waals surface area contributed by atoms with Gasteiger partial charge in [-0.3, -0.25) is 0 Å². The van der Waals surface area contributed by atoms with Gasteiger partial charge in [0.2, 0.25) is 0 Å². The van der Waals surface area contributed by atoms with Crippen molar-refractivity contribution in [3.8, 4) is 0 Å². The van der Waals surface area contributed by atoms with Gasteiger partial charge in [0, 0.05) is 32.7 Å². The van der Waals surface area contributed by atoms with Gasteiger partial charge < -0.3 is 15.0 Å². The summed E-state index contributed by atoms with van der Waals surface area (Å²) in [5, 5.41) is 13.5. The zero-order valence-corrected chi connectivity index (χ0v) is 5.93. The number of hydrogen-bond donors (Lipinski definition) is 2. The van der Waals surface area contributed by atoms with Crippen molar-refractivity contribution >= 4 is 6.47 Å². The van der Waals surface area contributed by atoms with Crippen LogP contribution < -0.4 is 0 Å². The van der Waals surface area contributed by atoms with Crippen molar-refractivity contribution in [3.05, 3.63) is 7.11 Å². The number of hydrogen-bond acceptors (Lipinski definition) is 2. The topological polar surface area (TPSA) is 57.5 Å². The maximum Gasteiger partial charge on any atom is 0 e. The molecule has 0 heterocycles. The minimum atomic E-state index is 0. The Morgan fingerprint density at radius 1 is 1.50 bits per heavy atom. The summed E-state index contributed by atoms with van der Waals surface area (Å²) >= 11 is 0. The molecular weight excluding hydrogens is 161 g/mol. The standard InChI is InChI=1S/CHO2.CH3O.Y/c2-1-3;1-2;/h(H,2,3);2H,1H2;/q2*-1;. The Balaban J connectivity index is -0.0000000275. The minimum absolute atomic E-state index is 0. The molecule has 0 aliphatic heterocycles. The summed E-state index contributed by atoms with van der Waals surface area (Å²) in [6.45, 7) is 0.500. The van der Waals surface area contributed by atoms with Crippen LogP contribution in [-0.4, -0.2) is 16.7 Å². The van der Waals surface area contributed by atoms with E-state index in [-0.39, 0.29) is 32.7 Å². The summed E-state index contributed by atoms with van der Waals surface area (Å²) in [6, 6.07) is 0. The summed E-state index contributed by atoms with van der Waals surface area (Å²) in [5.41, 5.74) is 0. The van der Waals surface area contributed by atoms with Crippen LogP contribution in [0.4, 0.5) is 0 Å². The molecule has 4 heteroatoms. The van der Waals surface area contributed by atoms with Crippen LogP contribution >= 0.6 is 0 Å². The Bertz CT molecular complexity index is 16.3. The van der Waals surface area contributed by atoms with Crippen LogP contribution in [0, 0.1) is 7.11 Å². The first kappa shape index (κ1) is 16.0. The number of aliphatic hydroxyl groups excluding tert-OH is 2. The van der Waals surface area contributed by atoms with Crippen LogP contribution in [0.5, 0.6) is 0 Å². The molecule has 0 aliphatic carbocycles. The first-order chi connectivity index (χ1) is 2.41. The van der Waals surface area contributed by atoms with Gasteiger partial charge in [0.25, 0.3) is 0 Å². The van der Waals surface area contributed by atoms with E-state index < -0.39 is 0 Å². The summed E-state index contributed by atoms with van der Waals surface area (Å²) in [6.07, 6.45) is 0. The third-order valence-corrected chi connectivity index (χ3v) is 0. The molecule has 0 unspecified atom stereocenters. The minimum Gasteiger partial charge on any atom is -0.665 e. The summed E-state index contributed by atoms with van der Waals surface area (Å²) < 4.78 is 0. The van der Waals surface area contributed by atoms with Crippen LogP contribution in [0.3, 0.4) is 0 Å². The van der Waals surface area contributed by atoms with Crippen LogP contribution in [0.25, 0.3) is 0 Å². The Hall–Kier alpha value is 0.534. The van der Waals surface area contributed by atoms with Crippen molar-refractivity contribution in [3.63, 3.8) is 0 Å². The Labute approximate surface area is 61.2 Å². The quantitative estimate of drug-likeness (QED) is 0.487. The first-order valence-corrected chi connectivity index (χ1v) is 0.744. The zero-order valence-electron chi connectivity index (χ0n) is 3.09. The molecule has 0 bridgehead atoms. The molecule has 3 nitrogen and oxygen atoms in total. The van der Waals surface area contributed by atoms with Gasteiger partial charge in [-0.2, -0.15) is 0 Å². The van der Waals surface area contributed by atoms with Gasteiger partial charge >= 0.3 is 0 Å². The van der Waals surface area contributed by atoms with Gasteiger partial charge in [-0.05, 0) is 0 Å². The van der Waals surface area contributed by atoms with E-state index in [1.807, 2.05) is 0 Å². The number of rotatable bonds is 0. The predicted octanol–water partition coefficient (Wildman–Crippen LogP) is -0.240. The van der Waals surface area contributed by atoms with Crippen LogP contribution in [0.15, 0.2) is 0 Å². The molecule has 0 fully saturated rings. The molecular formula is C2H4O3Y-2. The van der Waals surface area contributed by atoms with Crippen molar-refractivity contribution in [1.82, 2.24) is 0 Å². The van der Waals surface area contributed by atoms with Gasteiger partial charge in [0.1, 0.15) is 0 Å². The second kappa shape index (κ2) is 48.3. The molecule has 0 spiro atoms. The molecule has 0 aromatic heterocycles. The van der Waals surface area contributed by atoms with Crippen molar-refractivity contribution < 1.29 is 47.7 Å². The third kappa shape index (κ3) is 199. The fourth-order valence-electron chi connectivity index (χ4n) is 0. The number of aliphatic hydroxyl groups is 1. The molecule has 1 radical (unpaired) electrons. The van der Waals surface area contributed by atoms with Gasteiger partial charge in [-0.15, -0.1) is 0 Å². The van der Waals surface area contributed by atoms with Gasteiger partial charge in [-0.25, -0.2) is 7.11 Å². The van der Waals surface area contributed by atoms with Gasteiger partial charge in [0.15, 0.2) is 0 Å². The van der Waals surface area contributed by atoms with E-state index in [1.165, 1.54) is 0 Å². The van der Waals surface area contributed by atoms with E-state index in [0.717, 1.165) is 0 Å². The van der Waals surface area contributed by atoms with Crippen LogP contribution in [0.2, 0.25) is 0 Å². The summed E-state index contributed by atoms with van der Waals surface area (Å²) in [7, 11) is 2.25. The van der Waals surface area contributed by atoms with Gasteiger partial charge in [0.05, 0.1) is 0 Å². The van der Waals surface area contributed by atoms with Crippen molar-refractivity contribution in [2.75, 3.05) is 0 Å². The molecule has 0 aliphatic rings. The maximum atomic E-state index is 8.24. The molecule has 0 aromatic rings. The molecule has 35 valence electrons. The molecule has 0 aromatic carbocycles. The molecule has 6 heavy (non-hydrogen) atoms.